The van der Waals surface area contributed by atoms with Gasteiger partial charge in [-0.2, -0.15) is 0 Å². The van der Waals surface area contributed by atoms with Crippen molar-refractivity contribution in [1.29, 1.82) is 0 Å². The molecule has 1 saturated heterocycles. The third-order valence-electron chi connectivity index (χ3n) is 12.1. The highest BCUT2D eigenvalue weighted by Crippen LogP contribution is 2.40. The van der Waals surface area contributed by atoms with Gasteiger partial charge >= 0.3 is 0 Å². The summed E-state index contributed by atoms with van der Waals surface area (Å²) >= 11 is 0. The van der Waals surface area contributed by atoms with E-state index >= 15 is 0 Å². The zero-order valence-corrected chi connectivity index (χ0v) is 26.6. The molecule has 232 valence electrons. The summed E-state index contributed by atoms with van der Waals surface area (Å²) in [7, 11) is 0. The van der Waals surface area contributed by atoms with E-state index in [4.69, 9.17) is 4.99 Å². The summed E-state index contributed by atoms with van der Waals surface area (Å²) in [5.74, 6) is 2.06. The van der Waals surface area contributed by atoms with Gasteiger partial charge in [-0.15, -0.1) is 0 Å². The molecule has 3 heterocycles. The lowest BCUT2D eigenvalue weighted by Crippen LogP contribution is -2.63. The maximum absolute atomic E-state index is 5.08. The fourth-order valence-electron chi connectivity index (χ4n) is 9.63. The van der Waals surface area contributed by atoms with Crippen molar-refractivity contribution in [2.75, 3.05) is 6.54 Å². The lowest BCUT2D eigenvalue weighted by atomic mass is 9.74. The van der Waals surface area contributed by atoms with Crippen molar-refractivity contribution < 1.29 is 0 Å². The summed E-state index contributed by atoms with van der Waals surface area (Å²) in [6, 6.07) is 2.31. The first kappa shape index (κ1) is 29.5. The minimum Gasteiger partial charge on any atom is -0.371 e. The Kier molecular flexibility index (Phi) is 9.52. The Morgan fingerprint density at radius 1 is 0.814 bits per heavy atom. The molecular weight excluding hydrogens is 524 g/mol. The van der Waals surface area contributed by atoms with E-state index in [0.717, 1.165) is 12.5 Å². The molecule has 43 heavy (non-hydrogen) atoms. The van der Waals surface area contributed by atoms with Gasteiger partial charge in [-0.25, -0.2) is 0 Å². The molecule has 7 aliphatic rings. The molecule has 4 nitrogen and oxygen atoms in total. The van der Waals surface area contributed by atoms with E-state index in [1.54, 1.807) is 11.1 Å². The van der Waals surface area contributed by atoms with Gasteiger partial charge in [0, 0.05) is 42.3 Å². The van der Waals surface area contributed by atoms with Gasteiger partial charge in [0.1, 0.15) is 0 Å². The smallest absolute Gasteiger partial charge is 0.0804 e. The van der Waals surface area contributed by atoms with Crippen molar-refractivity contribution in [3.63, 3.8) is 0 Å². The van der Waals surface area contributed by atoms with Crippen LogP contribution in [0.15, 0.2) is 77.0 Å². The molecule has 0 aromatic carbocycles. The normalized spacial score (nSPS) is 40.3. The van der Waals surface area contributed by atoms with E-state index in [2.05, 4.69) is 70.8 Å². The number of nitrogens with one attached hydrogen (secondary N) is 2. The van der Waals surface area contributed by atoms with Gasteiger partial charge in [0.2, 0.25) is 0 Å². The molecule has 4 aliphatic carbocycles. The lowest BCUT2D eigenvalue weighted by Gasteiger charge is -2.48. The first-order valence-corrected chi connectivity index (χ1v) is 18.2. The van der Waals surface area contributed by atoms with Crippen molar-refractivity contribution in [3.05, 3.63) is 72.0 Å². The summed E-state index contributed by atoms with van der Waals surface area (Å²) in [6.07, 6.45) is 41.3. The standard InChI is InChI=1S/C39H56N4/c1-28-11-8-10-26-43(38-16-6-5-14-34(28)38)33-23-21-31(22-24-33)36-27-37(35-15-7-9-25-40-35)42-39(41-36)32-19-17-30(18-20-32)29-12-3-2-4-13-29/h3,8,10-12,17,19,26,29,31,33-34,36-39,41-42H,1-2,4-7,9,13-16,18,20-25,27H2/b11-8-,26-10-. The fourth-order valence-corrected chi connectivity index (χ4v) is 9.63. The van der Waals surface area contributed by atoms with Gasteiger partial charge in [-0.3, -0.25) is 15.6 Å². The molecule has 6 atom stereocenters. The number of hydrogen-bond acceptors (Lipinski definition) is 4. The molecule has 0 spiro atoms. The molecule has 3 aliphatic heterocycles. The summed E-state index contributed by atoms with van der Waals surface area (Å²) in [5, 5.41) is 8.27. The predicted molar refractivity (Wildman–Crippen MR) is 181 cm³/mol. The maximum atomic E-state index is 5.08. The number of hydrogen-bond donors (Lipinski definition) is 2. The summed E-state index contributed by atoms with van der Waals surface area (Å²) < 4.78 is 0. The zero-order valence-electron chi connectivity index (χ0n) is 26.6. The van der Waals surface area contributed by atoms with Crippen LogP contribution in [0.1, 0.15) is 109 Å². The fraction of sp³-hybridized carbons (Fsp3) is 0.667. The van der Waals surface area contributed by atoms with Gasteiger partial charge in [0.25, 0.3) is 0 Å². The summed E-state index contributed by atoms with van der Waals surface area (Å²) in [4.78, 5) is 7.88. The van der Waals surface area contributed by atoms with Crippen molar-refractivity contribution in [2.24, 2.45) is 22.7 Å². The monoisotopic (exact) mass is 580 g/mol. The van der Waals surface area contributed by atoms with Crippen LogP contribution in [0, 0.1) is 17.8 Å². The highest BCUT2D eigenvalue weighted by atomic mass is 15.2. The zero-order chi connectivity index (χ0) is 29.0. The molecule has 0 aromatic rings. The van der Waals surface area contributed by atoms with E-state index in [9.17, 15) is 0 Å². The second-order valence-corrected chi connectivity index (χ2v) is 14.7. The van der Waals surface area contributed by atoms with Crippen LogP contribution in [0.3, 0.4) is 0 Å². The lowest BCUT2D eigenvalue weighted by molar-refractivity contribution is 0.0818. The molecule has 0 radical (unpaired) electrons. The van der Waals surface area contributed by atoms with Crippen LogP contribution in [0.5, 0.6) is 0 Å². The Morgan fingerprint density at radius 3 is 2.47 bits per heavy atom. The molecule has 6 unspecified atom stereocenters. The average Bonchev–Trinajstić information content (AvgIpc) is 3.08. The summed E-state index contributed by atoms with van der Waals surface area (Å²) in [6.45, 7) is 5.52. The topological polar surface area (TPSA) is 39.7 Å². The first-order chi connectivity index (χ1) is 21.2. The highest BCUT2D eigenvalue weighted by Gasteiger charge is 2.40. The van der Waals surface area contributed by atoms with Gasteiger partial charge in [0.15, 0.2) is 0 Å². The van der Waals surface area contributed by atoms with Gasteiger partial charge in [-0.1, -0.05) is 67.0 Å². The van der Waals surface area contributed by atoms with E-state index in [0.29, 0.717) is 36.0 Å². The van der Waals surface area contributed by atoms with Crippen molar-refractivity contribution in [3.8, 4) is 0 Å². The van der Waals surface area contributed by atoms with Gasteiger partial charge < -0.3 is 4.90 Å². The van der Waals surface area contributed by atoms with E-state index in [-0.39, 0.29) is 6.17 Å². The van der Waals surface area contributed by atoms with Crippen LogP contribution in [-0.4, -0.2) is 47.5 Å². The minimum absolute atomic E-state index is 0.281. The molecule has 0 bridgehead atoms. The Morgan fingerprint density at radius 2 is 1.67 bits per heavy atom. The van der Waals surface area contributed by atoms with Crippen LogP contribution in [0.2, 0.25) is 0 Å². The molecule has 2 N–H and O–H groups in total. The molecule has 0 aromatic heterocycles. The number of aliphatic imine (C=N–C) groups is 1. The third kappa shape index (κ3) is 6.76. The first-order valence-electron chi connectivity index (χ1n) is 18.2. The summed E-state index contributed by atoms with van der Waals surface area (Å²) in [5.41, 5.74) is 6.02. The minimum atomic E-state index is 0.281. The Labute approximate surface area is 261 Å². The van der Waals surface area contributed by atoms with E-state index in [1.165, 1.54) is 120 Å². The number of nitrogens with zero attached hydrogens (tertiary/aromatic N) is 2. The van der Waals surface area contributed by atoms with Crippen molar-refractivity contribution in [2.45, 2.75) is 139 Å². The molecule has 4 heteroatoms. The second-order valence-electron chi connectivity index (χ2n) is 14.7. The van der Waals surface area contributed by atoms with Gasteiger partial charge in [0.05, 0.1) is 6.17 Å². The number of allylic oxidation sites excluding steroid dienone is 8. The number of rotatable bonds is 5. The van der Waals surface area contributed by atoms with Crippen LogP contribution in [-0.2, 0) is 0 Å². The van der Waals surface area contributed by atoms with Crippen LogP contribution < -0.4 is 10.6 Å². The van der Waals surface area contributed by atoms with Gasteiger partial charge in [-0.05, 0) is 126 Å². The van der Waals surface area contributed by atoms with Crippen LogP contribution >= 0.6 is 0 Å². The Balaban J connectivity index is 1.04. The molecule has 2 saturated carbocycles. The van der Waals surface area contributed by atoms with Crippen molar-refractivity contribution in [1.82, 2.24) is 15.5 Å². The third-order valence-corrected chi connectivity index (χ3v) is 12.1. The molecule has 7 rings (SSSR count). The largest absolute Gasteiger partial charge is 0.371 e. The average molecular weight is 581 g/mol. The van der Waals surface area contributed by atoms with E-state index in [1.807, 2.05) is 0 Å². The molecule has 3 fully saturated rings. The molecular formula is C39H56N4. The highest BCUT2D eigenvalue weighted by molar-refractivity contribution is 5.90. The predicted octanol–water partition coefficient (Wildman–Crippen LogP) is 8.32. The van der Waals surface area contributed by atoms with Crippen LogP contribution in [0.4, 0.5) is 0 Å². The van der Waals surface area contributed by atoms with Crippen molar-refractivity contribution >= 4 is 5.71 Å². The Hall–Kier alpha value is -2.17. The van der Waals surface area contributed by atoms with Crippen LogP contribution in [0.25, 0.3) is 0 Å². The molecule has 0 amide bonds. The van der Waals surface area contributed by atoms with E-state index < -0.39 is 0 Å². The maximum Gasteiger partial charge on any atom is 0.0804 e. The second kappa shape index (κ2) is 13.9. The number of fused-ring (bicyclic) bond motifs is 1. The Bertz CT molecular complexity index is 1180. The quantitative estimate of drug-likeness (QED) is 0.321. The SMILES string of the molecule is C=C1/C=C\C=C/N(C2CCC(C3CC(C4=NCCCC4)NC(C4=CC=C(C5C=CCCC5)CC4)N3)CC2)C2CCCCC12.